The standard InChI is InChI=1S/C13H5Cl3F3NO/c14-7-2-9(15)12(10(16)3-7)11-1-6(5-21)8(4-20-11)13(17,18)19/h1-5H. The fraction of sp³-hybridized carbons (Fsp3) is 0.0769. The predicted molar refractivity (Wildman–Crippen MR) is 75.1 cm³/mol. The van der Waals surface area contributed by atoms with Gasteiger partial charge in [-0.2, -0.15) is 13.2 Å². The van der Waals surface area contributed by atoms with Crippen molar-refractivity contribution in [3.05, 3.63) is 50.6 Å². The molecule has 2 rings (SSSR count). The molecular weight excluding hydrogens is 350 g/mol. The van der Waals surface area contributed by atoms with E-state index >= 15 is 0 Å². The molecule has 0 saturated carbocycles. The molecule has 2 nitrogen and oxygen atoms in total. The second-order valence-electron chi connectivity index (χ2n) is 4.02. The molecule has 0 radical (unpaired) electrons. The van der Waals surface area contributed by atoms with Crippen molar-refractivity contribution >= 4 is 41.1 Å². The zero-order valence-electron chi connectivity index (χ0n) is 10.0. The van der Waals surface area contributed by atoms with E-state index in [1.54, 1.807) is 0 Å². The molecule has 0 N–H and O–H groups in total. The second kappa shape index (κ2) is 5.83. The molecule has 21 heavy (non-hydrogen) atoms. The zero-order chi connectivity index (χ0) is 15.8. The molecule has 0 saturated heterocycles. The number of alkyl halides is 3. The van der Waals surface area contributed by atoms with Gasteiger partial charge in [-0.25, -0.2) is 0 Å². The van der Waals surface area contributed by atoms with Gasteiger partial charge in [0.05, 0.1) is 21.3 Å². The second-order valence-corrected chi connectivity index (χ2v) is 5.27. The fourth-order valence-corrected chi connectivity index (χ4v) is 2.74. The summed E-state index contributed by atoms with van der Waals surface area (Å²) in [7, 11) is 0. The van der Waals surface area contributed by atoms with Crippen LogP contribution in [0.2, 0.25) is 15.1 Å². The topological polar surface area (TPSA) is 30.0 Å². The highest BCUT2D eigenvalue weighted by Gasteiger charge is 2.34. The van der Waals surface area contributed by atoms with Crippen molar-refractivity contribution in [1.82, 2.24) is 4.98 Å². The molecule has 0 fully saturated rings. The van der Waals surface area contributed by atoms with Gasteiger partial charge in [-0.1, -0.05) is 34.8 Å². The number of halogens is 6. The molecule has 1 aromatic heterocycles. The van der Waals surface area contributed by atoms with Crippen molar-refractivity contribution in [3.8, 4) is 11.3 Å². The van der Waals surface area contributed by atoms with Gasteiger partial charge in [-0.3, -0.25) is 9.78 Å². The quantitative estimate of drug-likeness (QED) is 0.663. The van der Waals surface area contributed by atoms with Crippen LogP contribution in [0.5, 0.6) is 0 Å². The molecule has 2 aromatic rings. The third-order valence-electron chi connectivity index (χ3n) is 2.63. The van der Waals surface area contributed by atoms with Crippen molar-refractivity contribution in [2.75, 3.05) is 0 Å². The summed E-state index contributed by atoms with van der Waals surface area (Å²) >= 11 is 17.7. The Morgan fingerprint density at radius 2 is 1.62 bits per heavy atom. The van der Waals surface area contributed by atoms with Gasteiger partial charge < -0.3 is 0 Å². The highest BCUT2D eigenvalue weighted by molar-refractivity contribution is 6.41. The van der Waals surface area contributed by atoms with Gasteiger partial charge in [0.2, 0.25) is 0 Å². The molecule has 0 atom stereocenters. The summed E-state index contributed by atoms with van der Waals surface area (Å²) in [4.78, 5) is 14.6. The summed E-state index contributed by atoms with van der Waals surface area (Å²) in [5.41, 5.74) is -1.41. The molecule has 0 aliphatic rings. The van der Waals surface area contributed by atoms with Gasteiger partial charge in [0.25, 0.3) is 0 Å². The first-order chi connectivity index (χ1) is 9.74. The van der Waals surface area contributed by atoms with Crippen LogP contribution < -0.4 is 0 Å². The lowest BCUT2D eigenvalue weighted by molar-refractivity contribution is -0.138. The minimum atomic E-state index is -4.67. The molecule has 110 valence electrons. The van der Waals surface area contributed by atoms with E-state index < -0.39 is 17.3 Å². The Morgan fingerprint density at radius 1 is 1.05 bits per heavy atom. The Balaban J connectivity index is 2.65. The number of carbonyl (C=O) groups excluding carboxylic acids is 1. The van der Waals surface area contributed by atoms with Crippen LogP contribution in [-0.4, -0.2) is 11.3 Å². The Hall–Kier alpha value is -1.30. The van der Waals surface area contributed by atoms with Gasteiger partial charge in [0, 0.05) is 22.3 Å². The highest BCUT2D eigenvalue weighted by Crippen LogP contribution is 2.38. The van der Waals surface area contributed by atoms with Crippen molar-refractivity contribution in [1.29, 1.82) is 0 Å². The van der Waals surface area contributed by atoms with Crippen LogP contribution in [0.15, 0.2) is 24.4 Å². The minimum Gasteiger partial charge on any atom is -0.298 e. The van der Waals surface area contributed by atoms with Crippen LogP contribution in [0.3, 0.4) is 0 Å². The number of benzene rings is 1. The number of aldehydes is 1. The Kier molecular flexibility index (Phi) is 4.46. The van der Waals surface area contributed by atoms with E-state index in [2.05, 4.69) is 4.98 Å². The predicted octanol–water partition coefficient (Wildman–Crippen LogP) is 5.54. The van der Waals surface area contributed by atoms with Crippen molar-refractivity contribution in [2.24, 2.45) is 0 Å². The average molecular weight is 355 g/mol. The average Bonchev–Trinajstić information content (AvgIpc) is 2.36. The molecule has 0 aliphatic heterocycles. The van der Waals surface area contributed by atoms with E-state index in [1.165, 1.54) is 12.1 Å². The third kappa shape index (κ3) is 3.31. The van der Waals surface area contributed by atoms with E-state index in [1.807, 2.05) is 0 Å². The lowest BCUT2D eigenvalue weighted by Gasteiger charge is -2.12. The first kappa shape index (κ1) is 16.1. The summed E-state index contributed by atoms with van der Waals surface area (Å²) in [6.45, 7) is 0. The van der Waals surface area contributed by atoms with Gasteiger partial charge in [0.1, 0.15) is 0 Å². The highest BCUT2D eigenvalue weighted by atomic mass is 35.5. The number of hydrogen-bond acceptors (Lipinski definition) is 2. The van der Waals surface area contributed by atoms with Gasteiger partial charge in [-0.05, 0) is 18.2 Å². The maximum absolute atomic E-state index is 12.7. The molecule has 0 unspecified atom stereocenters. The maximum Gasteiger partial charge on any atom is 0.418 e. The third-order valence-corrected chi connectivity index (χ3v) is 3.45. The summed E-state index contributed by atoms with van der Waals surface area (Å²) in [5, 5.41) is 0.518. The smallest absolute Gasteiger partial charge is 0.298 e. The molecule has 0 amide bonds. The molecule has 0 spiro atoms. The Morgan fingerprint density at radius 3 is 2.10 bits per heavy atom. The molecule has 1 aromatic carbocycles. The summed E-state index contributed by atoms with van der Waals surface area (Å²) in [6, 6.07) is 3.74. The van der Waals surface area contributed by atoms with E-state index in [4.69, 9.17) is 34.8 Å². The minimum absolute atomic E-state index is 0.0526. The molecule has 0 bridgehead atoms. The van der Waals surface area contributed by atoms with Gasteiger partial charge in [-0.15, -0.1) is 0 Å². The normalized spacial score (nSPS) is 11.5. The van der Waals surface area contributed by atoms with Crippen LogP contribution >= 0.6 is 34.8 Å². The van der Waals surface area contributed by atoms with Crippen molar-refractivity contribution < 1.29 is 18.0 Å². The number of hydrogen-bond donors (Lipinski definition) is 0. The van der Waals surface area contributed by atoms with E-state index in [0.29, 0.717) is 6.20 Å². The largest absolute Gasteiger partial charge is 0.418 e. The van der Waals surface area contributed by atoms with Crippen LogP contribution in [-0.2, 0) is 6.18 Å². The number of pyridine rings is 1. The van der Waals surface area contributed by atoms with Crippen molar-refractivity contribution in [2.45, 2.75) is 6.18 Å². The van der Waals surface area contributed by atoms with Crippen LogP contribution in [0.1, 0.15) is 15.9 Å². The SMILES string of the molecule is O=Cc1cc(-c2c(Cl)cc(Cl)cc2Cl)ncc1C(F)(F)F. The lowest BCUT2D eigenvalue weighted by atomic mass is 10.1. The number of rotatable bonds is 2. The van der Waals surface area contributed by atoms with Crippen LogP contribution in [0.4, 0.5) is 13.2 Å². The number of carbonyl (C=O) groups is 1. The van der Waals surface area contributed by atoms with Crippen molar-refractivity contribution in [3.63, 3.8) is 0 Å². The summed E-state index contributed by atoms with van der Waals surface area (Å²) in [6.07, 6.45) is -4.00. The molecular formula is C13H5Cl3F3NO. The molecule has 0 aliphatic carbocycles. The van der Waals surface area contributed by atoms with Gasteiger partial charge >= 0.3 is 6.18 Å². The van der Waals surface area contributed by atoms with E-state index in [-0.39, 0.29) is 32.6 Å². The molecule has 1 heterocycles. The molecule has 8 heteroatoms. The Bertz CT molecular complexity index is 693. The monoisotopic (exact) mass is 353 g/mol. The first-order valence-electron chi connectivity index (χ1n) is 5.41. The fourth-order valence-electron chi connectivity index (χ4n) is 1.73. The summed E-state index contributed by atoms with van der Waals surface area (Å²) < 4.78 is 38.1. The summed E-state index contributed by atoms with van der Waals surface area (Å²) in [5.74, 6) is 0. The van der Waals surface area contributed by atoms with E-state index in [9.17, 15) is 18.0 Å². The van der Waals surface area contributed by atoms with Gasteiger partial charge in [0.15, 0.2) is 6.29 Å². The Labute approximate surface area is 132 Å². The zero-order valence-corrected chi connectivity index (χ0v) is 12.3. The number of nitrogens with zero attached hydrogens (tertiary/aromatic N) is 1. The number of aromatic nitrogens is 1. The van der Waals surface area contributed by atoms with E-state index in [0.717, 1.165) is 6.07 Å². The maximum atomic E-state index is 12.7. The van der Waals surface area contributed by atoms with Crippen LogP contribution in [0, 0.1) is 0 Å². The van der Waals surface area contributed by atoms with Crippen LogP contribution in [0.25, 0.3) is 11.3 Å². The first-order valence-corrected chi connectivity index (χ1v) is 6.54. The lowest BCUT2D eigenvalue weighted by Crippen LogP contribution is -2.10.